The highest BCUT2D eigenvalue weighted by atomic mass is 16.1. The average molecular weight is 337 g/mol. The summed E-state index contributed by atoms with van der Waals surface area (Å²) in [6.07, 6.45) is 16.1. The standard InChI is InChI=1S/C24H32O/c1-5-6-7-8-23(25)18-24(15-13-20(3)17-21(24)4)16-14-22-11-9-19(2)10-12-22/h5-12,14,16,20-21H,13,15,17-18H2,1-4H3. The Morgan fingerprint density at radius 2 is 1.92 bits per heavy atom. The highest BCUT2D eigenvalue weighted by Gasteiger charge is 2.39. The Balaban J connectivity index is 2.22. The highest BCUT2D eigenvalue weighted by molar-refractivity contribution is 5.90. The minimum absolute atomic E-state index is 0.0191. The van der Waals surface area contributed by atoms with Crippen LogP contribution in [0, 0.1) is 24.2 Å². The van der Waals surface area contributed by atoms with Crippen molar-refractivity contribution in [1.82, 2.24) is 0 Å². The Labute approximate surface area is 153 Å². The van der Waals surface area contributed by atoms with Crippen LogP contribution in [0.25, 0.3) is 6.08 Å². The van der Waals surface area contributed by atoms with E-state index in [0.29, 0.717) is 12.3 Å². The molecule has 1 heteroatoms. The summed E-state index contributed by atoms with van der Waals surface area (Å²) in [4.78, 5) is 12.5. The van der Waals surface area contributed by atoms with Gasteiger partial charge in [-0.3, -0.25) is 4.79 Å². The molecule has 0 amide bonds. The maximum absolute atomic E-state index is 12.5. The van der Waals surface area contributed by atoms with Crippen LogP contribution in [0.1, 0.15) is 57.6 Å². The van der Waals surface area contributed by atoms with E-state index in [1.807, 2.05) is 25.2 Å². The third-order valence-corrected chi connectivity index (χ3v) is 5.61. The number of hydrogen-bond donors (Lipinski definition) is 0. The van der Waals surface area contributed by atoms with Crippen molar-refractivity contribution in [1.29, 1.82) is 0 Å². The summed E-state index contributed by atoms with van der Waals surface area (Å²) < 4.78 is 0. The van der Waals surface area contributed by atoms with E-state index in [1.54, 1.807) is 6.08 Å². The van der Waals surface area contributed by atoms with Gasteiger partial charge in [0.15, 0.2) is 5.78 Å². The predicted octanol–water partition coefficient (Wildman–Crippen LogP) is 6.54. The van der Waals surface area contributed by atoms with Gasteiger partial charge < -0.3 is 0 Å². The van der Waals surface area contributed by atoms with Crippen molar-refractivity contribution in [2.24, 2.45) is 17.3 Å². The molecule has 2 rings (SSSR count). The van der Waals surface area contributed by atoms with Crippen LogP contribution in [0.4, 0.5) is 0 Å². The molecule has 1 aromatic rings. The summed E-state index contributed by atoms with van der Waals surface area (Å²) in [5.41, 5.74) is 2.47. The summed E-state index contributed by atoms with van der Waals surface area (Å²) in [6, 6.07) is 8.60. The van der Waals surface area contributed by atoms with E-state index in [1.165, 1.54) is 24.0 Å². The van der Waals surface area contributed by atoms with Crippen molar-refractivity contribution in [3.8, 4) is 0 Å². The molecule has 25 heavy (non-hydrogen) atoms. The molecule has 134 valence electrons. The maximum atomic E-state index is 12.5. The van der Waals surface area contributed by atoms with Crippen molar-refractivity contribution in [3.63, 3.8) is 0 Å². The number of allylic oxidation sites excluding steroid dienone is 5. The summed E-state index contributed by atoms with van der Waals surface area (Å²) in [5, 5.41) is 0. The molecule has 0 spiro atoms. The maximum Gasteiger partial charge on any atom is 0.156 e. The average Bonchev–Trinajstić information content (AvgIpc) is 2.58. The monoisotopic (exact) mass is 336 g/mol. The van der Waals surface area contributed by atoms with Crippen LogP contribution in [0.5, 0.6) is 0 Å². The van der Waals surface area contributed by atoms with Gasteiger partial charge in [0.1, 0.15) is 0 Å². The second-order valence-corrected chi connectivity index (χ2v) is 7.79. The van der Waals surface area contributed by atoms with Gasteiger partial charge in [-0.05, 0) is 62.0 Å². The fraction of sp³-hybridized carbons (Fsp3) is 0.458. The van der Waals surface area contributed by atoms with Gasteiger partial charge >= 0.3 is 0 Å². The van der Waals surface area contributed by atoms with Gasteiger partial charge in [-0.25, -0.2) is 0 Å². The van der Waals surface area contributed by atoms with Gasteiger partial charge in [-0.15, -0.1) is 0 Å². The number of benzene rings is 1. The minimum Gasteiger partial charge on any atom is -0.295 e. The van der Waals surface area contributed by atoms with Crippen LogP contribution in [0.3, 0.4) is 0 Å². The fourth-order valence-corrected chi connectivity index (χ4v) is 3.88. The first kappa shape index (κ1) is 19.4. The number of aryl methyl sites for hydroxylation is 1. The molecular weight excluding hydrogens is 304 g/mol. The van der Waals surface area contributed by atoms with Crippen LogP contribution < -0.4 is 0 Å². The predicted molar refractivity (Wildman–Crippen MR) is 108 cm³/mol. The topological polar surface area (TPSA) is 17.1 Å². The number of carbonyl (C=O) groups excluding carboxylic acids is 1. The molecule has 0 bridgehead atoms. The lowest BCUT2D eigenvalue weighted by atomic mass is 9.62. The lowest BCUT2D eigenvalue weighted by Crippen LogP contribution is -2.34. The molecule has 0 radical (unpaired) electrons. The Morgan fingerprint density at radius 1 is 1.20 bits per heavy atom. The third kappa shape index (κ3) is 5.56. The van der Waals surface area contributed by atoms with Gasteiger partial charge in [-0.2, -0.15) is 0 Å². The first-order chi connectivity index (χ1) is 11.9. The lowest BCUT2D eigenvalue weighted by molar-refractivity contribution is -0.117. The first-order valence-electron chi connectivity index (χ1n) is 9.53. The van der Waals surface area contributed by atoms with Gasteiger partial charge in [0.25, 0.3) is 0 Å². The summed E-state index contributed by atoms with van der Waals surface area (Å²) >= 11 is 0. The SMILES string of the molecule is CC=CC=CC(=O)CC1(C=Cc2ccc(C)cc2)CCC(C)CC1C. The van der Waals surface area contributed by atoms with Crippen molar-refractivity contribution < 1.29 is 4.79 Å². The molecule has 0 heterocycles. The number of ketones is 1. The zero-order valence-electron chi connectivity index (χ0n) is 16.2. The fourth-order valence-electron chi connectivity index (χ4n) is 3.88. The third-order valence-electron chi connectivity index (χ3n) is 5.61. The van der Waals surface area contributed by atoms with E-state index in [-0.39, 0.29) is 11.2 Å². The quantitative estimate of drug-likeness (QED) is 0.425. The number of carbonyl (C=O) groups is 1. The molecule has 0 N–H and O–H groups in total. The van der Waals surface area contributed by atoms with Crippen LogP contribution in [-0.4, -0.2) is 5.78 Å². The van der Waals surface area contributed by atoms with E-state index < -0.39 is 0 Å². The Morgan fingerprint density at radius 3 is 2.56 bits per heavy atom. The normalized spacial score (nSPS) is 27.5. The molecule has 1 aliphatic rings. The van der Waals surface area contributed by atoms with Gasteiger partial charge in [-0.1, -0.05) is 74.1 Å². The number of rotatable bonds is 6. The second-order valence-electron chi connectivity index (χ2n) is 7.79. The molecule has 1 aliphatic carbocycles. The Kier molecular flexibility index (Phi) is 6.99. The highest BCUT2D eigenvalue weighted by Crippen LogP contribution is 2.47. The molecule has 1 saturated carbocycles. The van der Waals surface area contributed by atoms with Crippen molar-refractivity contribution in [2.45, 2.75) is 53.4 Å². The number of hydrogen-bond acceptors (Lipinski definition) is 1. The van der Waals surface area contributed by atoms with E-state index in [2.05, 4.69) is 57.2 Å². The molecular formula is C24H32O. The molecule has 1 fully saturated rings. The van der Waals surface area contributed by atoms with Crippen LogP contribution in [0.2, 0.25) is 0 Å². The minimum atomic E-state index is -0.0191. The van der Waals surface area contributed by atoms with Crippen LogP contribution in [-0.2, 0) is 4.79 Å². The summed E-state index contributed by atoms with van der Waals surface area (Å²) in [7, 11) is 0. The zero-order valence-corrected chi connectivity index (χ0v) is 16.2. The van der Waals surface area contributed by atoms with E-state index in [4.69, 9.17) is 0 Å². The molecule has 0 aromatic heterocycles. The molecule has 3 unspecified atom stereocenters. The van der Waals surface area contributed by atoms with Gasteiger partial charge in [0.05, 0.1) is 0 Å². The van der Waals surface area contributed by atoms with Crippen molar-refractivity contribution in [3.05, 3.63) is 65.8 Å². The smallest absolute Gasteiger partial charge is 0.156 e. The molecule has 1 nitrogen and oxygen atoms in total. The van der Waals surface area contributed by atoms with Crippen LogP contribution in [0.15, 0.2) is 54.6 Å². The van der Waals surface area contributed by atoms with E-state index >= 15 is 0 Å². The Bertz CT molecular complexity index is 647. The van der Waals surface area contributed by atoms with Crippen molar-refractivity contribution in [2.75, 3.05) is 0 Å². The zero-order chi connectivity index (χ0) is 18.3. The van der Waals surface area contributed by atoms with Crippen LogP contribution >= 0.6 is 0 Å². The molecule has 0 aliphatic heterocycles. The summed E-state index contributed by atoms with van der Waals surface area (Å²) in [6.45, 7) is 8.72. The van der Waals surface area contributed by atoms with E-state index in [9.17, 15) is 4.79 Å². The van der Waals surface area contributed by atoms with Crippen molar-refractivity contribution >= 4 is 11.9 Å². The molecule has 0 saturated heterocycles. The van der Waals surface area contributed by atoms with Gasteiger partial charge in [0, 0.05) is 6.42 Å². The van der Waals surface area contributed by atoms with Gasteiger partial charge in [0.2, 0.25) is 0 Å². The largest absolute Gasteiger partial charge is 0.295 e. The lowest BCUT2D eigenvalue weighted by Gasteiger charge is -2.42. The molecule has 1 aromatic carbocycles. The Hall–Kier alpha value is -1.89. The van der Waals surface area contributed by atoms with E-state index in [0.717, 1.165) is 12.3 Å². The molecule has 3 atom stereocenters. The first-order valence-corrected chi connectivity index (χ1v) is 9.53. The summed E-state index contributed by atoms with van der Waals surface area (Å²) in [5.74, 6) is 1.51. The second kappa shape index (κ2) is 8.99.